The molecule has 1 unspecified atom stereocenters. The van der Waals surface area contributed by atoms with Crippen molar-refractivity contribution < 1.29 is 0 Å². The first-order valence-electron chi connectivity index (χ1n) is 11.9. The van der Waals surface area contributed by atoms with Crippen LogP contribution in [-0.2, 0) is 0 Å². The van der Waals surface area contributed by atoms with Crippen LogP contribution < -0.4 is 0 Å². The van der Waals surface area contributed by atoms with E-state index in [9.17, 15) is 0 Å². The molecule has 0 saturated heterocycles. The Morgan fingerprint density at radius 2 is 1.06 bits per heavy atom. The number of fused-ring (bicyclic) bond motifs is 9. The third-order valence-corrected chi connectivity index (χ3v) is 7.25. The van der Waals surface area contributed by atoms with E-state index in [0.717, 1.165) is 12.1 Å². The van der Waals surface area contributed by atoms with E-state index >= 15 is 0 Å². The Balaban J connectivity index is 1.35. The fraction of sp³-hybridized carbons (Fsp3) is 0.0606. The van der Waals surface area contributed by atoms with Crippen LogP contribution in [0.4, 0.5) is 5.69 Å². The molecule has 0 aromatic heterocycles. The monoisotopic (exact) mass is 433 g/mol. The summed E-state index contributed by atoms with van der Waals surface area (Å²) in [6.07, 6.45) is 0.951. The minimum Gasteiger partial charge on any atom is -0.252 e. The Hall–Kier alpha value is -4.23. The molecule has 0 radical (unpaired) electrons. The quantitative estimate of drug-likeness (QED) is 0.264. The van der Waals surface area contributed by atoms with Crippen LogP contribution in [-0.4, -0.2) is 5.71 Å². The number of benzene rings is 5. The molecule has 0 spiro atoms. The van der Waals surface area contributed by atoms with Crippen molar-refractivity contribution in [3.63, 3.8) is 0 Å². The van der Waals surface area contributed by atoms with Crippen molar-refractivity contribution in [1.82, 2.24) is 0 Å². The van der Waals surface area contributed by atoms with E-state index in [-0.39, 0.29) is 0 Å². The molecule has 2 aliphatic rings. The third-order valence-electron chi connectivity index (χ3n) is 7.25. The molecule has 0 saturated carbocycles. The van der Waals surface area contributed by atoms with Gasteiger partial charge in [-0.1, -0.05) is 115 Å². The highest BCUT2D eigenvalue weighted by atomic mass is 14.8. The Bertz CT molecular complexity index is 1560. The molecule has 0 amide bonds. The summed E-state index contributed by atoms with van der Waals surface area (Å²) in [7, 11) is 0. The smallest absolute Gasteiger partial charge is 0.0677 e. The molecule has 34 heavy (non-hydrogen) atoms. The van der Waals surface area contributed by atoms with Gasteiger partial charge in [-0.05, 0) is 50.6 Å². The van der Waals surface area contributed by atoms with Crippen LogP contribution in [0.2, 0.25) is 0 Å². The lowest BCUT2D eigenvalue weighted by Gasteiger charge is -2.25. The zero-order valence-corrected chi connectivity index (χ0v) is 18.8. The van der Waals surface area contributed by atoms with Crippen LogP contribution in [0.25, 0.3) is 33.4 Å². The summed E-state index contributed by atoms with van der Waals surface area (Å²) >= 11 is 0. The van der Waals surface area contributed by atoms with Crippen LogP contribution in [0, 0.1) is 0 Å². The second kappa shape index (κ2) is 7.67. The lowest BCUT2D eigenvalue weighted by atomic mass is 9.82. The molecule has 1 heterocycles. The van der Waals surface area contributed by atoms with Crippen LogP contribution in [0.3, 0.4) is 0 Å². The molecule has 0 N–H and O–H groups in total. The maximum Gasteiger partial charge on any atom is 0.0677 e. The summed E-state index contributed by atoms with van der Waals surface area (Å²) in [6.45, 7) is 0. The summed E-state index contributed by atoms with van der Waals surface area (Å²) in [5.41, 5.74) is 13.8. The standard InChI is InChI=1S/C33H23N/c1-2-8-22(9-3-1)23-14-16-24(17-15-23)25-18-19-30-31-21-33(34-32(30)20-25)29-13-7-6-11-27(29)26-10-4-5-12-28(26)31/h1-20,31H,21H2. The lowest BCUT2D eigenvalue weighted by molar-refractivity contribution is 0.847. The predicted octanol–water partition coefficient (Wildman–Crippen LogP) is 8.66. The van der Waals surface area contributed by atoms with Crippen LogP contribution in [0.1, 0.15) is 29.0 Å². The molecule has 5 aromatic carbocycles. The van der Waals surface area contributed by atoms with Gasteiger partial charge in [0, 0.05) is 23.6 Å². The molecular weight excluding hydrogens is 410 g/mol. The first-order valence-corrected chi connectivity index (χ1v) is 11.9. The first kappa shape index (κ1) is 19.3. The highest BCUT2D eigenvalue weighted by Crippen LogP contribution is 2.48. The van der Waals surface area contributed by atoms with Crippen molar-refractivity contribution in [2.75, 3.05) is 0 Å². The van der Waals surface area contributed by atoms with Gasteiger partial charge in [-0.2, -0.15) is 0 Å². The van der Waals surface area contributed by atoms with Gasteiger partial charge in [-0.25, -0.2) is 0 Å². The Morgan fingerprint density at radius 3 is 1.85 bits per heavy atom. The van der Waals surface area contributed by atoms with Gasteiger partial charge in [-0.15, -0.1) is 0 Å². The van der Waals surface area contributed by atoms with Crippen molar-refractivity contribution in [2.45, 2.75) is 12.3 Å². The Kier molecular flexibility index (Phi) is 4.35. The molecule has 1 nitrogen and oxygen atoms in total. The third kappa shape index (κ3) is 3.05. The van der Waals surface area contributed by atoms with Crippen LogP contribution >= 0.6 is 0 Å². The topological polar surface area (TPSA) is 12.4 Å². The second-order valence-corrected chi connectivity index (χ2v) is 9.17. The molecule has 1 aliphatic heterocycles. The summed E-state index contributed by atoms with van der Waals surface area (Å²) in [5.74, 6) is 0.334. The maximum absolute atomic E-state index is 5.22. The summed E-state index contributed by atoms with van der Waals surface area (Å²) in [6, 6.07) is 43.8. The SMILES string of the molecule is c1ccc(-c2ccc(-c3ccc4c(c3)N=C3CC4c4ccccc4-c4ccccc43)cc2)cc1. The van der Waals surface area contributed by atoms with Crippen molar-refractivity contribution in [3.05, 3.63) is 138 Å². The second-order valence-electron chi connectivity index (χ2n) is 9.17. The van der Waals surface area contributed by atoms with Gasteiger partial charge in [0.15, 0.2) is 0 Å². The highest BCUT2D eigenvalue weighted by Gasteiger charge is 2.31. The van der Waals surface area contributed by atoms with Crippen LogP contribution in [0.15, 0.2) is 126 Å². The fourth-order valence-electron chi connectivity index (χ4n) is 5.56. The number of nitrogens with zero attached hydrogens (tertiary/aromatic N) is 1. The van der Waals surface area contributed by atoms with E-state index in [1.165, 1.54) is 55.8 Å². The van der Waals surface area contributed by atoms with E-state index in [0.29, 0.717) is 5.92 Å². The molecule has 2 bridgehead atoms. The van der Waals surface area contributed by atoms with Gasteiger partial charge in [0.2, 0.25) is 0 Å². The average Bonchev–Trinajstić information content (AvgIpc) is 3.03. The van der Waals surface area contributed by atoms with Gasteiger partial charge < -0.3 is 0 Å². The van der Waals surface area contributed by atoms with Crippen molar-refractivity contribution in [2.24, 2.45) is 4.99 Å². The van der Waals surface area contributed by atoms with Gasteiger partial charge >= 0.3 is 0 Å². The van der Waals surface area contributed by atoms with Gasteiger partial charge in [-0.3, -0.25) is 4.99 Å². The predicted molar refractivity (Wildman–Crippen MR) is 142 cm³/mol. The van der Waals surface area contributed by atoms with E-state index in [1.807, 2.05) is 0 Å². The summed E-state index contributed by atoms with van der Waals surface area (Å²) < 4.78 is 0. The summed E-state index contributed by atoms with van der Waals surface area (Å²) in [4.78, 5) is 5.22. The normalized spacial score (nSPS) is 15.4. The van der Waals surface area contributed by atoms with Gasteiger partial charge in [0.1, 0.15) is 0 Å². The first-order chi connectivity index (χ1) is 16.8. The van der Waals surface area contributed by atoms with E-state index in [2.05, 4.69) is 121 Å². The molecule has 160 valence electrons. The molecule has 1 heteroatoms. The number of hydrogen-bond donors (Lipinski definition) is 0. The zero-order chi connectivity index (χ0) is 22.5. The molecule has 1 atom stereocenters. The maximum atomic E-state index is 5.22. The van der Waals surface area contributed by atoms with Gasteiger partial charge in [0.25, 0.3) is 0 Å². The van der Waals surface area contributed by atoms with Gasteiger partial charge in [0.05, 0.1) is 5.69 Å². The average molecular weight is 434 g/mol. The van der Waals surface area contributed by atoms with E-state index < -0.39 is 0 Å². The van der Waals surface area contributed by atoms with E-state index in [1.54, 1.807) is 0 Å². The lowest BCUT2D eigenvalue weighted by Crippen LogP contribution is -2.12. The number of rotatable bonds is 2. The molecular formula is C33H23N. The van der Waals surface area contributed by atoms with Crippen molar-refractivity contribution in [3.8, 4) is 33.4 Å². The fourth-order valence-corrected chi connectivity index (χ4v) is 5.56. The minimum atomic E-state index is 0.334. The van der Waals surface area contributed by atoms with E-state index in [4.69, 9.17) is 4.99 Å². The Labute approximate surface area is 200 Å². The Morgan fingerprint density at radius 1 is 0.471 bits per heavy atom. The molecule has 7 rings (SSSR count). The number of hydrogen-bond acceptors (Lipinski definition) is 1. The largest absolute Gasteiger partial charge is 0.252 e. The zero-order valence-electron chi connectivity index (χ0n) is 18.8. The highest BCUT2D eigenvalue weighted by molar-refractivity contribution is 6.10. The summed E-state index contributed by atoms with van der Waals surface area (Å²) in [5, 5.41) is 0. The van der Waals surface area contributed by atoms with Crippen molar-refractivity contribution >= 4 is 11.4 Å². The van der Waals surface area contributed by atoms with Crippen molar-refractivity contribution in [1.29, 1.82) is 0 Å². The minimum absolute atomic E-state index is 0.334. The molecule has 1 aliphatic carbocycles. The molecule has 5 aromatic rings. The molecule has 0 fully saturated rings. The number of aliphatic imine (C=N–C) groups is 1. The van der Waals surface area contributed by atoms with Crippen LogP contribution in [0.5, 0.6) is 0 Å².